The van der Waals surface area contributed by atoms with Crippen molar-refractivity contribution in [3.05, 3.63) is 0 Å². The highest BCUT2D eigenvalue weighted by atomic mass is 16.3. The quantitative estimate of drug-likeness (QED) is 0.782. The van der Waals surface area contributed by atoms with Crippen molar-refractivity contribution in [2.75, 3.05) is 19.7 Å². The van der Waals surface area contributed by atoms with E-state index in [0.29, 0.717) is 5.92 Å². The molecule has 3 N–H and O–H groups in total. The van der Waals surface area contributed by atoms with E-state index in [1.165, 1.54) is 25.7 Å². The van der Waals surface area contributed by atoms with Gasteiger partial charge in [-0.2, -0.15) is 0 Å². The van der Waals surface area contributed by atoms with Gasteiger partial charge in [-0.1, -0.05) is 20.3 Å². The third kappa shape index (κ3) is 3.01. The molecule has 2 rings (SSSR count). The van der Waals surface area contributed by atoms with Gasteiger partial charge >= 0.3 is 0 Å². The van der Waals surface area contributed by atoms with Crippen LogP contribution in [0, 0.1) is 17.8 Å². The second kappa shape index (κ2) is 5.68. The largest absolute Gasteiger partial charge is 0.395 e. The summed E-state index contributed by atoms with van der Waals surface area (Å²) in [6.07, 6.45) is 5.57. The summed E-state index contributed by atoms with van der Waals surface area (Å²) < 4.78 is 0. The Labute approximate surface area is 105 Å². The fraction of sp³-hybridized carbons (Fsp3) is 1.00. The van der Waals surface area contributed by atoms with Crippen molar-refractivity contribution in [3.8, 4) is 0 Å². The molecule has 0 aromatic rings. The minimum Gasteiger partial charge on any atom is -0.395 e. The molecule has 3 heteroatoms. The third-order valence-corrected chi connectivity index (χ3v) is 4.75. The molecule has 100 valence electrons. The van der Waals surface area contributed by atoms with Gasteiger partial charge < -0.3 is 10.8 Å². The molecule has 0 spiro atoms. The van der Waals surface area contributed by atoms with Gasteiger partial charge in [-0.05, 0) is 37.0 Å². The fourth-order valence-corrected chi connectivity index (χ4v) is 3.67. The maximum atomic E-state index is 9.64. The fourth-order valence-electron chi connectivity index (χ4n) is 3.67. The molecule has 0 amide bonds. The lowest BCUT2D eigenvalue weighted by Crippen LogP contribution is -2.57. The molecule has 3 nitrogen and oxygen atoms in total. The van der Waals surface area contributed by atoms with E-state index < -0.39 is 0 Å². The zero-order valence-corrected chi connectivity index (χ0v) is 11.3. The van der Waals surface area contributed by atoms with Crippen molar-refractivity contribution in [2.24, 2.45) is 23.5 Å². The van der Waals surface area contributed by atoms with E-state index in [0.717, 1.165) is 24.9 Å². The zero-order valence-electron chi connectivity index (χ0n) is 11.3. The maximum absolute atomic E-state index is 9.64. The Balaban J connectivity index is 1.99. The molecule has 1 heterocycles. The van der Waals surface area contributed by atoms with E-state index in [9.17, 15) is 5.11 Å². The number of fused-ring (bicyclic) bond motifs is 2. The molecular formula is C14H28N2O. The second-order valence-electron chi connectivity index (χ2n) is 6.42. The number of rotatable bonds is 4. The van der Waals surface area contributed by atoms with Gasteiger partial charge in [-0.3, -0.25) is 4.90 Å². The molecule has 2 fully saturated rings. The normalized spacial score (nSPS) is 33.7. The average molecular weight is 240 g/mol. The third-order valence-electron chi connectivity index (χ3n) is 4.75. The maximum Gasteiger partial charge on any atom is 0.0602 e. The Bertz CT molecular complexity index is 232. The van der Waals surface area contributed by atoms with Crippen molar-refractivity contribution in [2.45, 2.75) is 51.6 Å². The number of aliphatic hydroxyl groups is 1. The summed E-state index contributed by atoms with van der Waals surface area (Å²) in [5.41, 5.74) is 6.25. The van der Waals surface area contributed by atoms with E-state index in [-0.39, 0.29) is 18.7 Å². The molecule has 0 aromatic carbocycles. The van der Waals surface area contributed by atoms with Gasteiger partial charge in [-0.25, -0.2) is 0 Å². The van der Waals surface area contributed by atoms with Crippen LogP contribution in [-0.4, -0.2) is 41.8 Å². The van der Waals surface area contributed by atoms with Crippen molar-refractivity contribution >= 4 is 0 Å². The van der Waals surface area contributed by atoms with Gasteiger partial charge in [0.1, 0.15) is 0 Å². The van der Waals surface area contributed by atoms with E-state index in [1.807, 2.05) is 0 Å². The predicted octanol–water partition coefficient (Wildman–Crippen LogP) is 1.45. The lowest BCUT2D eigenvalue weighted by Gasteiger charge is -2.46. The van der Waals surface area contributed by atoms with Crippen molar-refractivity contribution in [1.82, 2.24) is 4.90 Å². The molecule has 1 aliphatic carbocycles. The van der Waals surface area contributed by atoms with Crippen molar-refractivity contribution in [1.29, 1.82) is 0 Å². The van der Waals surface area contributed by atoms with Crippen LogP contribution in [0.2, 0.25) is 0 Å². The molecule has 0 radical (unpaired) electrons. The van der Waals surface area contributed by atoms with Crippen LogP contribution >= 0.6 is 0 Å². The Kier molecular flexibility index (Phi) is 4.45. The summed E-state index contributed by atoms with van der Waals surface area (Å²) in [6, 6.07) is 0.261. The number of hydrogen-bond donors (Lipinski definition) is 2. The van der Waals surface area contributed by atoms with Crippen LogP contribution in [0.1, 0.15) is 39.5 Å². The SMILES string of the molecule is CC(C)C(N)C(CO)N1CC2CCCC(C2)C1. The second-order valence-corrected chi connectivity index (χ2v) is 6.42. The minimum absolute atomic E-state index is 0.0961. The highest BCUT2D eigenvalue weighted by Crippen LogP contribution is 2.35. The van der Waals surface area contributed by atoms with E-state index in [2.05, 4.69) is 18.7 Å². The van der Waals surface area contributed by atoms with E-state index in [1.54, 1.807) is 0 Å². The smallest absolute Gasteiger partial charge is 0.0602 e. The number of likely N-dealkylation sites (tertiary alicyclic amines) is 1. The first-order chi connectivity index (χ1) is 8.11. The van der Waals surface area contributed by atoms with Crippen LogP contribution in [0.5, 0.6) is 0 Å². The average Bonchev–Trinajstić information content (AvgIpc) is 2.29. The first kappa shape index (κ1) is 13.3. The summed E-state index contributed by atoms with van der Waals surface area (Å²) in [4.78, 5) is 2.47. The van der Waals surface area contributed by atoms with Crippen LogP contribution in [0.4, 0.5) is 0 Å². The molecule has 1 aliphatic heterocycles. The molecule has 1 saturated carbocycles. The number of hydrogen-bond acceptors (Lipinski definition) is 3. The molecule has 0 aromatic heterocycles. The predicted molar refractivity (Wildman–Crippen MR) is 70.7 cm³/mol. The van der Waals surface area contributed by atoms with Crippen LogP contribution in [-0.2, 0) is 0 Å². The Hall–Kier alpha value is -0.120. The summed E-state index contributed by atoms with van der Waals surface area (Å²) in [6.45, 7) is 6.82. The molecule has 2 aliphatic rings. The molecule has 1 saturated heterocycles. The summed E-state index contributed by atoms with van der Waals surface area (Å²) in [7, 11) is 0. The first-order valence-electron chi connectivity index (χ1n) is 7.22. The molecular weight excluding hydrogens is 212 g/mol. The number of aliphatic hydroxyl groups excluding tert-OH is 1. The van der Waals surface area contributed by atoms with Crippen LogP contribution in [0.15, 0.2) is 0 Å². The molecule has 17 heavy (non-hydrogen) atoms. The number of nitrogens with zero attached hydrogens (tertiary/aromatic N) is 1. The van der Waals surface area contributed by atoms with E-state index >= 15 is 0 Å². The Morgan fingerprint density at radius 1 is 1.24 bits per heavy atom. The van der Waals surface area contributed by atoms with Gasteiger partial charge in [0.05, 0.1) is 6.61 Å². The van der Waals surface area contributed by atoms with E-state index in [4.69, 9.17) is 5.73 Å². The Morgan fingerprint density at radius 3 is 2.29 bits per heavy atom. The van der Waals surface area contributed by atoms with Crippen LogP contribution < -0.4 is 5.73 Å². The van der Waals surface area contributed by atoms with Crippen LogP contribution in [0.25, 0.3) is 0 Å². The monoisotopic (exact) mass is 240 g/mol. The molecule has 4 unspecified atom stereocenters. The first-order valence-corrected chi connectivity index (χ1v) is 7.22. The van der Waals surface area contributed by atoms with Crippen LogP contribution in [0.3, 0.4) is 0 Å². The number of piperidine rings is 1. The lowest BCUT2D eigenvalue weighted by atomic mass is 9.77. The van der Waals surface area contributed by atoms with Gasteiger partial charge in [0.25, 0.3) is 0 Å². The van der Waals surface area contributed by atoms with Gasteiger partial charge in [0.15, 0.2) is 0 Å². The Morgan fingerprint density at radius 2 is 1.82 bits per heavy atom. The number of nitrogens with two attached hydrogens (primary N) is 1. The van der Waals surface area contributed by atoms with Gasteiger partial charge in [0.2, 0.25) is 0 Å². The standard InChI is InChI=1S/C14H28N2O/c1-10(2)14(15)13(9-17)16-7-11-4-3-5-12(6-11)8-16/h10-14,17H,3-9,15H2,1-2H3. The van der Waals surface area contributed by atoms with Gasteiger partial charge in [0, 0.05) is 25.2 Å². The molecule has 4 atom stereocenters. The topological polar surface area (TPSA) is 49.5 Å². The molecule has 2 bridgehead atoms. The summed E-state index contributed by atoms with van der Waals surface area (Å²) >= 11 is 0. The summed E-state index contributed by atoms with van der Waals surface area (Å²) in [5.74, 6) is 2.15. The van der Waals surface area contributed by atoms with Crippen molar-refractivity contribution < 1.29 is 5.11 Å². The highest BCUT2D eigenvalue weighted by Gasteiger charge is 2.35. The van der Waals surface area contributed by atoms with Gasteiger partial charge in [-0.15, -0.1) is 0 Å². The van der Waals surface area contributed by atoms with Crippen molar-refractivity contribution in [3.63, 3.8) is 0 Å². The minimum atomic E-state index is 0.0961. The highest BCUT2D eigenvalue weighted by molar-refractivity contribution is 4.91. The lowest BCUT2D eigenvalue weighted by molar-refractivity contribution is 0.0149. The zero-order chi connectivity index (χ0) is 12.4. The summed E-state index contributed by atoms with van der Waals surface area (Å²) in [5, 5.41) is 9.64.